The van der Waals surface area contributed by atoms with Gasteiger partial charge in [-0.2, -0.15) is 0 Å². The molecule has 0 radical (unpaired) electrons. The molecular weight excluding hydrogens is 216 g/mol. The second-order valence-electron chi connectivity index (χ2n) is 4.55. The van der Waals surface area contributed by atoms with Crippen molar-refractivity contribution in [3.8, 4) is 0 Å². The monoisotopic (exact) mass is 232 g/mol. The normalized spacial score (nSPS) is 17.5. The Bertz CT molecular complexity index is 532. The SMILES string of the molecule is NC(CCO)c1nc2cnccc2n1C1CC1. The van der Waals surface area contributed by atoms with E-state index >= 15 is 0 Å². The van der Waals surface area contributed by atoms with Crippen LogP contribution in [0.15, 0.2) is 18.5 Å². The predicted octanol–water partition coefficient (Wildman–Crippen LogP) is 1.15. The van der Waals surface area contributed by atoms with Crippen molar-refractivity contribution >= 4 is 11.0 Å². The molecule has 1 atom stereocenters. The number of rotatable bonds is 4. The first kappa shape index (κ1) is 10.7. The van der Waals surface area contributed by atoms with Crippen LogP contribution in [0.25, 0.3) is 11.0 Å². The molecule has 2 aromatic rings. The maximum Gasteiger partial charge on any atom is 0.127 e. The second-order valence-corrected chi connectivity index (χ2v) is 4.55. The van der Waals surface area contributed by atoms with Crippen LogP contribution in [0.3, 0.4) is 0 Å². The Morgan fingerprint density at radius 1 is 1.53 bits per heavy atom. The number of aliphatic hydroxyl groups is 1. The summed E-state index contributed by atoms with van der Waals surface area (Å²) in [6, 6.07) is 2.31. The summed E-state index contributed by atoms with van der Waals surface area (Å²) in [5.41, 5.74) is 8.07. The molecule has 1 saturated carbocycles. The Balaban J connectivity index is 2.12. The number of aromatic nitrogens is 3. The van der Waals surface area contributed by atoms with Crippen LogP contribution < -0.4 is 5.73 Å². The van der Waals surface area contributed by atoms with E-state index in [2.05, 4.69) is 14.5 Å². The van der Waals surface area contributed by atoms with Gasteiger partial charge in [0.1, 0.15) is 11.3 Å². The van der Waals surface area contributed by atoms with Crippen LogP contribution in [0.1, 0.15) is 37.2 Å². The van der Waals surface area contributed by atoms with Gasteiger partial charge in [0.2, 0.25) is 0 Å². The van der Waals surface area contributed by atoms with E-state index in [0.29, 0.717) is 12.5 Å². The highest BCUT2D eigenvalue weighted by atomic mass is 16.3. The molecule has 3 rings (SSSR count). The zero-order valence-corrected chi connectivity index (χ0v) is 9.58. The lowest BCUT2D eigenvalue weighted by Gasteiger charge is -2.12. The second kappa shape index (κ2) is 4.09. The van der Waals surface area contributed by atoms with Crippen LogP contribution in [0.4, 0.5) is 0 Å². The van der Waals surface area contributed by atoms with E-state index in [1.807, 2.05) is 6.07 Å². The van der Waals surface area contributed by atoms with Crippen LogP contribution >= 0.6 is 0 Å². The highest BCUT2D eigenvalue weighted by molar-refractivity contribution is 5.75. The summed E-state index contributed by atoms with van der Waals surface area (Å²) in [7, 11) is 0. The van der Waals surface area contributed by atoms with Crippen molar-refractivity contribution in [1.29, 1.82) is 0 Å². The Hall–Kier alpha value is -1.46. The maximum absolute atomic E-state index is 8.99. The van der Waals surface area contributed by atoms with Crippen molar-refractivity contribution in [3.05, 3.63) is 24.3 Å². The first-order chi connectivity index (χ1) is 8.31. The molecule has 2 heterocycles. The van der Waals surface area contributed by atoms with Gasteiger partial charge in [0.15, 0.2) is 0 Å². The molecule has 17 heavy (non-hydrogen) atoms. The van der Waals surface area contributed by atoms with Gasteiger partial charge in [-0.25, -0.2) is 4.98 Å². The van der Waals surface area contributed by atoms with Gasteiger partial charge < -0.3 is 15.4 Å². The van der Waals surface area contributed by atoms with E-state index in [1.165, 1.54) is 12.8 Å². The lowest BCUT2D eigenvalue weighted by Crippen LogP contribution is -2.17. The van der Waals surface area contributed by atoms with E-state index < -0.39 is 0 Å². The highest BCUT2D eigenvalue weighted by Gasteiger charge is 2.29. The Labute approximate surface area is 99.3 Å². The molecule has 0 spiro atoms. The third-order valence-electron chi connectivity index (χ3n) is 3.20. The largest absolute Gasteiger partial charge is 0.396 e. The van der Waals surface area contributed by atoms with Crippen molar-refractivity contribution < 1.29 is 5.11 Å². The van der Waals surface area contributed by atoms with Gasteiger partial charge in [0.25, 0.3) is 0 Å². The van der Waals surface area contributed by atoms with E-state index in [9.17, 15) is 0 Å². The predicted molar refractivity (Wildman–Crippen MR) is 64.4 cm³/mol. The summed E-state index contributed by atoms with van der Waals surface area (Å²) in [6.07, 6.45) is 6.47. The maximum atomic E-state index is 8.99. The topological polar surface area (TPSA) is 77.0 Å². The van der Waals surface area contributed by atoms with Crippen molar-refractivity contribution in [2.75, 3.05) is 6.61 Å². The number of fused-ring (bicyclic) bond motifs is 1. The Kier molecular flexibility index (Phi) is 2.57. The van der Waals surface area contributed by atoms with Gasteiger partial charge in [0, 0.05) is 18.8 Å². The first-order valence-electron chi connectivity index (χ1n) is 5.99. The van der Waals surface area contributed by atoms with Crippen molar-refractivity contribution in [3.63, 3.8) is 0 Å². The van der Waals surface area contributed by atoms with Crippen LogP contribution in [-0.4, -0.2) is 26.2 Å². The average molecular weight is 232 g/mol. The minimum Gasteiger partial charge on any atom is -0.396 e. The molecular formula is C12H16N4O. The Morgan fingerprint density at radius 2 is 2.35 bits per heavy atom. The number of nitrogens with two attached hydrogens (primary N) is 1. The fraction of sp³-hybridized carbons (Fsp3) is 0.500. The molecule has 0 amide bonds. The third-order valence-corrected chi connectivity index (χ3v) is 3.20. The number of imidazole rings is 1. The fourth-order valence-electron chi connectivity index (χ4n) is 2.22. The van der Waals surface area contributed by atoms with Crippen LogP contribution in [0.5, 0.6) is 0 Å². The molecule has 0 aromatic carbocycles. The number of nitrogens with zero attached hydrogens (tertiary/aromatic N) is 3. The quantitative estimate of drug-likeness (QED) is 0.829. The number of hydrogen-bond acceptors (Lipinski definition) is 4. The summed E-state index contributed by atoms with van der Waals surface area (Å²) >= 11 is 0. The first-order valence-corrected chi connectivity index (χ1v) is 5.99. The molecule has 1 aliphatic rings. The molecule has 3 N–H and O–H groups in total. The molecule has 2 aromatic heterocycles. The summed E-state index contributed by atoms with van der Waals surface area (Å²) < 4.78 is 2.22. The van der Waals surface area contributed by atoms with Crippen molar-refractivity contribution in [1.82, 2.24) is 14.5 Å². The van der Waals surface area contributed by atoms with Gasteiger partial charge in [-0.05, 0) is 25.3 Å². The average Bonchev–Trinajstić information content (AvgIpc) is 3.09. The lowest BCUT2D eigenvalue weighted by molar-refractivity contribution is 0.273. The minimum absolute atomic E-state index is 0.0906. The van der Waals surface area contributed by atoms with E-state index in [-0.39, 0.29) is 12.6 Å². The molecule has 5 nitrogen and oxygen atoms in total. The van der Waals surface area contributed by atoms with Crippen LogP contribution in [0.2, 0.25) is 0 Å². The number of aliphatic hydroxyl groups excluding tert-OH is 1. The third kappa shape index (κ3) is 1.81. The zero-order valence-electron chi connectivity index (χ0n) is 9.58. The van der Waals surface area contributed by atoms with Gasteiger partial charge in [-0.3, -0.25) is 4.98 Å². The number of pyridine rings is 1. The smallest absolute Gasteiger partial charge is 0.127 e. The van der Waals surface area contributed by atoms with Crippen LogP contribution in [0, 0.1) is 0 Å². The van der Waals surface area contributed by atoms with E-state index in [1.54, 1.807) is 12.4 Å². The van der Waals surface area contributed by atoms with Gasteiger partial charge in [-0.1, -0.05) is 0 Å². The van der Waals surface area contributed by atoms with Crippen molar-refractivity contribution in [2.45, 2.75) is 31.3 Å². The molecule has 1 unspecified atom stereocenters. The Morgan fingerprint density at radius 3 is 3.06 bits per heavy atom. The lowest BCUT2D eigenvalue weighted by atomic mass is 10.2. The summed E-state index contributed by atoms with van der Waals surface area (Å²) in [5.74, 6) is 0.879. The summed E-state index contributed by atoms with van der Waals surface area (Å²) in [6.45, 7) is 0.0906. The van der Waals surface area contributed by atoms with Crippen LogP contribution in [-0.2, 0) is 0 Å². The standard InChI is InChI=1S/C12H16N4O/c13-9(4-6-17)12-15-10-7-14-5-3-11(10)16(12)8-1-2-8/h3,5,7-9,17H,1-2,4,6,13H2. The number of hydrogen-bond donors (Lipinski definition) is 2. The van der Waals surface area contributed by atoms with Gasteiger partial charge in [0.05, 0.1) is 17.8 Å². The minimum atomic E-state index is -0.201. The summed E-state index contributed by atoms with van der Waals surface area (Å²) in [4.78, 5) is 8.64. The van der Waals surface area contributed by atoms with Crippen molar-refractivity contribution in [2.24, 2.45) is 5.73 Å². The van der Waals surface area contributed by atoms with Gasteiger partial charge in [-0.15, -0.1) is 0 Å². The molecule has 0 saturated heterocycles. The zero-order chi connectivity index (χ0) is 11.8. The summed E-state index contributed by atoms with van der Waals surface area (Å²) in [5, 5.41) is 8.99. The highest BCUT2D eigenvalue weighted by Crippen LogP contribution is 2.39. The fourth-order valence-corrected chi connectivity index (χ4v) is 2.22. The van der Waals surface area contributed by atoms with E-state index in [4.69, 9.17) is 10.8 Å². The van der Waals surface area contributed by atoms with Gasteiger partial charge >= 0.3 is 0 Å². The molecule has 1 fully saturated rings. The molecule has 5 heteroatoms. The molecule has 90 valence electrons. The molecule has 0 bridgehead atoms. The molecule has 1 aliphatic carbocycles. The molecule has 0 aliphatic heterocycles. The van der Waals surface area contributed by atoms with E-state index in [0.717, 1.165) is 16.9 Å².